The van der Waals surface area contributed by atoms with Crippen LogP contribution in [0, 0.1) is 6.92 Å². The van der Waals surface area contributed by atoms with Crippen LogP contribution in [0.3, 0.4) is 0 Å². The number of hydrogen-bond acceptors (Lipinski definition) is 3. The summed E-state index contributed by atoms with van der Waals surface area (Å²) in [6.45, 7) is 4.02. The van der Waals surface area contributed by atoms with E-state index in [0.717, 1.165) is 32.3 Å². The average molecular weight is 349 g/mol. The van der Waals surface area contributed by atoms with Gasteiger partial charge in [-0.05, 0) is 43.7 Å². The number of aryl methyl sites for hydroxylation is 2. The molecule has 0 unspecified atom stereocenters. The van der Waals surface area contributed by atoms with Crippen molar-refractivity contribution in [1.82, 2.24) is 0 Å². The molecule has 0 aliphatic rings. The molecule has 0 atom stereocenters. The zero-order valence-corrected chi connectivity index (χ0v) is 13.6. The molecule has 0 spiro atoms. The average Bonchev–Trinajstić information content (AvgIpc) is 3.03. The van der Waals surface area contributed by atoms with Crippen molar-refractivity contribution in [3.05, 3.63) is 55.9 Å². The topological polar surface area (TPSA) is 30.2 Å². The molecule has 0 saturated heterocycles. The van der Waals surface area contributed by atoms with Crippen LogP contribution >= 0.6 is 27.3 Å². The number of thiophene rings is 1. The van der Waals surface area contributed by atoms with Gasteiger partial charge in [-0.15, -0.1) is 11.3 Å². The molecule has 0 saturated carbocycles. The summed E-state index contributed by atoms with van der Waals surface area (Å²) >= 11 is 4.96. The highest BCUT2D eigenvalue weighted by atomic mass is 79.9. The van der Waals surface area contributed by atoms with Crippen LogP contribution in [0.15, 0.2) is 39.2 Å². The molecular formula is C16H13BrO2S. The molecule has 2 heterocycles. The highest BCUT2D eigenvalue weighted by molar-refractivity contribution is 9.10. The minimum Gasteiger partial charge on any atom is -0.452 e. The predicted molar refractivity (Wildman–Crippen MR) is 85.8 cm³/mol. The van der Waals surface area contributed by atoms with Crippen molar-refractivity contribution < 1.29 is 9.21 Å². The molecule has 0 aliphatic carbocycles. The highest BCUT2D eigenvalue weighted by Crippen LogP contribution is 2.30. The van der Waals surface area contributed by atoms with Crippen LogP contribution in [0.4, 0.5) is 0 Å². The fourth-order valence-corrected chi connectivity index (χ4v) is 3.44. The van der Waals surface area contributed by atoms with Crippen LogP contribution < -0.4 is 0 Å². The monoisotopic (exact) mass is 348 g/mol. The second-order valence-electron chi connectivity index (χ2n) is 4.65. The molecule has 0 N–H and O–H groups in total. The van der Waals surface area contributed by atoms with Gasteiger partial charge in [0, 0.05) is 20.3 Å². The number of halogens is 1. The number of hydrogen-bond donors (Lipinski definition) is 0. The quantitative estimate of drug-likeness (QED) is 0.596. The van der Waals surface area contributed by atoms with Crippen molar-refractivity contribution in [2.75, 3.05) is 0 Å². The van der Waals surface area contributed by atoms with E-state index in [9.17, 15) is 4.79 Å². The minimum atomic E-state index is -0.0282. The number of ketones is 1. The molecule has 0 fully saturated rings. The first-order valence-corrected chi connectivity index (χ1v) is 8.03. The summed E-state index contributed by atoms with van der Waals surface area (Å²) in [7, 11) is 0. The first kappa shape index (κ1) is 13.6. The third kappa shape index (κ3) is 2.23. The number of carbonyl (C=O) groups is 1. The molecule has 20 heavy (non-hydrogen) atoms. The van der Waals surface area contributed by atoms with Crippen molar-refractivity contribution >= 4 is 44.0 Å². The molecule has 0 bridgehead atoms. The fourth-order valence-electron chi connectivity index (χ4n) is 2.22. The van der Waals surface area contributed by atoms with E-state index in [1.807, 2.05) is 37.3 Å². The Balaban J connectivity index is 2.09. The standard InChI is InChI=1S/C16H13BrO2S/c1-3-11-5-7-14(20-11)15(18)16-9(2)12-6-4-10(17)8-13(12)19-16/h4-8H,3H2,1-2H3. The van der Waals surface area contributed by atoms with Gasteiger partial charge in [-0.25, -0.2) is 0 Å². The molecule has 0 aliphatic heterocycles. The first-order chi connectivity index (χ1) is 9.60. The van der Waals surface area contributed by atoms with Gasteiger partial charge in [0.2, 0.25) is 5.78 Å². The van der Waals surface area contributed by atoms with E-state index in [1.54, 1.807) is 0 Å². The minimum absolute atomic E-state index is 0.0282. The molecule has 0 amide bonds. The zero-order chi connectivity index (χ0) is 14.3. The van der Waals surface area contributed by atoms with E-state index in [1.165, 1.54) is 16.2 Å². The van der Waals surface area contributed by atoms with E-state index in [2.05, 4.69) is 22.9 Å². The lowest BCUT2D eigenvalue weighted by Crippen LogP contribution is -1.98. The predicted octanol–water partition coefficient (Wildman–Crippen LogP) is 5.36. The van der Waals surface area contributed by atoms with E-state index in [0.29, 0.717) is 5.76 Å². The summed E-state index contributed by atoms with van der Waals surface area (Å²) in [5, 5.41) is 0.990. The number of rotatable bonds is 3. The number of benzene rings is 1. The summed E-state index contributed by atoms with van der Waals surface area (Å²) in [6, 6.07) is 9.71. The van der Waals surface area contributed by atoms with Crippen LogP contribution in [0.2, 0.25) is 0 Å². The Labute approximate surface area is 129 Å². The van der Waals surface area contributed by atoms with Gasteiger partial charge in [0.05, 0.1) is 4.88 Å². The fraction of sp³-hybridized carbons (Fsp3) is 0.188. The normalized spacial score (nSPS) is 11.2. The maximum absolute atomic E-state index is 12.6. The largest absolute Gasteiger partial charge is 0.452 e. The Morgan fingerprint density at radius 1 is 1.30 bits per heavy atom. The molecule has 2 nitrogen and oxygen atoms in total. The highest BCUT2D eigenvalue weighted by Gasteiger charge is 2.20. The third-order valence-electron chi connectivity index (χ3n) is 3.34. The van der Waals surface area contributed by atoms with E-state index in [-0.39, 0.29) is 5.78 Å². The van der Waals surface area contributed by atoms with E-state index >= 15 is 0 Å². The van der Waals surface area contributed by atoms with Crippen molar-refractivity contribution in [3.63, 3.8) is 0 Å². The summed E-state index contributed by atoms with van der Waals surface area (Å²) in [5.74, 6) is 0.419. The Kier molecular flexibility index (Phi) is 3.52. The lowest BCUT2D eigenvalue weighted by Gasteiger charge is -1.94. The zero-order valence-electron chi connectivity index (χ0n) is 11.2. The van der Waals surface area contributed by atoms with Gasteiger partial charge in [-0.1, -0.05) is 22.9 Å². The first-order valence-electron chi connectivity index (χ1n) is 6.42. The summed E-state index contributed by atoms with van der Waals surface area (Å²) < 4.78 is 6.71. The maximum Gasteiger partial charge on any atom is 0.238 e. The lowest BCUT2D eigenvalue weighted by atomic mass is 10.1. The Morgan fingerprint density at radius 3 is 2.80 bits per heavy atom. The van der Waals surface area contributed by atoms with Crippen LogP contribution in [-0.4, -0.2) is 5.78 Å². The molecule has 1 aromatic carbocycles. The van der Waals surface area contributed by atoms with Gasteiger partial charge >= 0.3 is 0 Å². The SMILES string of the molecule is CCc1ccc(C(=O)c2oc3cc(Br)ccc3c2C)s1. The third-order valence-corrected chi connectivity index (χ3v) is 5.06. The number of furan rings is 1. The molecule has 102 valence electrons. The van der Waals surface area contributed by atoms with Crippen molar-refractivity contribution in [2.24, 2.45) is 0 Å². The summed E-state index contributed by atoms with van der Waals surface area (Å²) in [5.41, 5.74) is 1.65. The van der Waals surface area contributed by atoms with Crippen LogP contribution in [0.25, 0.3) is 11.0 Å². The van der Waals surface area contributed by atoms with Gasteiger partial charge < -0.3 is 4.42 Å². The van der Waals surface area contributed by atoms with Crippen molar-refractivity contribution in [2.45, 2.75) is 20.3 Å². The molecule has 2 aromatic heterocycles. The van der Waals surface area contributed by atoms with Gasteiger partial charge in [0.25, 0.3) is 0 Å². The second kappa shape index (κ2) is 5.19. The van der Waals surface area contributed by atoms with E-state index < -0.39 is 0 Å². The smallest absolute Gasteiger partial charge is 0.238 e. The molecular weight excluding hydrogens is 336 g/mol. The lowest BCUT2D eigenvalue weighted by molar-refractivity contribution is 0.101. The Bertz CT molecular complexity index is 798. The molecule has 0 radical (unpaired) electrons. The number of fused-ring (bicyclic) bond motifs is 1. The van der Waals surface area contributed by atoms with Crippen molar-refractivity contribution in [1.29, 1.82) is 0 Å². The van der Waals surface area contributed by atoms with Crippen molar-refractivity contribution in [3.8, 4) is 0 Å². The summed E-state index contributed by atoms with van der Waals surface area (Å²) in [6.07, 6.45) is 0.948. The summed E-state index contributed by atoms with van der Waals surface area (Å²) in [4.78, 5) is 14.5. The van der Waals surface area contributed by atoms with E-state index in [4.69, 9.17) is 4.42 Å². The van der Waals surface area contributed by atoms with Gasteiger partial charge in [-0.2, -0.15) is 0 Å². The molecule has 4 heteroatoms. The van der Waals surface area contributed by atoms with Gasteiger partial charge in [0.1, 0.15) is 5.58 Å². The number of carbonyl (C=O) groups excluding carboxylic acids is 1. The van der Waals surface area contributed by atoms with Crippen LogP contribution in [0.5, 0.6) is 0 Å². The Morgan fingerprint density at radius 2 is 2.10 bits per heavy atom. The maximum atomic E-state index is 12.6. The Hall–Kier alpha value is -1.39. The van der Waals surface area contributed by atoms with Crippen LogP contribution in [-0.2, 0) is 6.42 Å². The van der Waals surface area contributed by atoms with Crippen LogP contribution in [0.1, 0.15) is 32.8 Å². The second-order valence-corrected chi connectivity index (χ2v) is 6.73. The van der Waals surface area contributed by atoms with Gasteiger partial charge in [-0.3, -0.25) is 4.79 Å². The molecule has 3 aromatic rings. The molecule has 3 rings (SSSR count). The van der Waals surface area contributed by atoms with Gasteiger partial charge in [0.15, 0.2) is 5.76 Å².